The molecule has 8 heteroatoms. The van der Waals surface area contributed by atoms with Crippen molar-refractivity contribution in [3.05, 3.63) is 76.7 Å². The fraction of sp³-hybridized carbons (Fsp3) is 0.357. The summed E-state index contributed by atoms with van der Waals surface area (Å²) in [6.45, 7) is 4.00. The summed E-state index contributed by atoms with van der Waals surface area (Å²) in [5.41, 5.74) is 8.60. The first kappa shape index (κ1) is 24.5. The summed E-state index contributed by atoms with van der Waals surface area (Å²) in [5.74, 6) is 0.195. The van der Waals surface area contributed by atoms with Crippen LogP contribution in [0, 0.1) is 5.82 Å². The van der Waals surface area contributed by atoms with Crippen molar-refractivity contribution in [3.8, 4) is 16.9 Å². The van der Waals surface area contributed by atoms with Crippen molar-refractivity contribution in [2.24, 2.45) is 0 Å². The van der Waals surface area contributed by atoms with E-state index in [0.717, 1.165) is 50.1 Å². The molecule has 0 radical (unpaired) electrons. The van der Waals surface area contributed by atoms with E-state index in [1.807, 2.05) is 29.2 Å². The van der Waals surface area contributed by atoms with Crippen LogP contribution in [0.25, 0.3) is 11.1 Å². The number of nitrogens with two attached hydrogens (primary N) is 1. The number of benzene rings is 2. The van der Waals surface area contributed by atoms with Crippen molar-refractivity contribution in [1.82, 2.24) is 14.8 Å². The lowest BCUT2D eigenvalue weighted by atomic mass is 10.0. The molecule has 2 aliphatic heterocycles. The molecule has 1 aromatic heterocycles. The number of halogens is 2. The molecule has 1 unspecified atom stereocenters. The van der Waals surface area contributed by atoms with Gasteiger partial charge in [-0.05, 0) is 74.7 Å². The van der Waals surface area contributed by atoms with Gasteiger partial charge < -0.3 is 20.3 Å². The first-order valence-corrected chi connectivity index (χ1v) is 12.8. The summed E-state index contributed by atoms with van der Waals surface area (Å²) in [7, 11) is 0. The Balaban J connectivity index is 1.28. The molecular weight excluding hydrogens is 479 g/mol. The summed E-state index contributed by atoms with van der Waals surface area (Å²) in [5, 5.41) is 0.290. The molecule has 3 heterocycles. The normalized spacial score (nSPS) is 18.1. The number of nitrogen functional groups attached to an aromatic ring is 1. The number of anilines is 1. The van der Waals surface area contributed by atoms with Gasteiger partial charge in [-0.1, -0.05) is 29.8 Å². The molecular formula is C28H30ClFN4O2. The van der Waals surface area contributed by atoms with Gasteiger partial charge in [-0.3, -0.25) is 4.79 Å². The Morgan fingerprint density at radius 3 is 2.61 bits per heavy atom. The maximum atomic E-state index is 14.1. The van der Waals surface area contributed by atoms with Crippen LogP contribution < -0.4 is 10.5 Å². The number of amides is 1. The SMILES string of the molecule is Nc1ncc(-c2ccc(C(=O)N3CCCC3CN3CCCC3)cc2)cc1OCc1c(F)cccc1Cl. The van der Waals surface area contributed by atoms with Crippen molar-refractivity contribution in [3.63, 3.8) is 0 Å². The molecule has 2 aliphatic rings. The van der Waals surface area contributed by atoms with Gasteiger partial charge >= 0.3 is 0 Å². The molecule has 3 aromatic rings. The summed E-state index contributed by atoms with van der Waals surface area (Å²) in [6.07, 6.45) is 6.29. The molecule has 2 fully saturated rings. The topological polar surface area (TPSA) is 71.7 Å². The number of likely N-dealkylation sites (tertiary alicyclic amines) is 2. The number of aromatic nitrogens is 1. The van der Waals surface area contributed by atoms with Gasteiger partial charge in [0.05, 0.1) is 5.02 Å². The van der Waals surface area contributed by atoms with Crippen LogP contribution in [-0.2, 0) is 6.61 Å². The van der Waals surface area contributed by atoms with Gasteiger partial charge in [-0.25, -0.2) is 9.37 Å². The number of pyridine rings is 1. The van der Waals surface area contributed by atoms with Crippen molar-refractivity contribution in [1.29, 1.82) is 0 Å². The average molecular weight is 509 g/mol. The minimum Gasteiger partial charge on any atom is -0.485 e. The molecule has 0 bridgehead atoms. The summed E-state index contributed by atoms with van der Waals surface area (Å²) < 4.78 is 19.9. The molecule has 2 N–H and O–H groups in total. The Labute approximate surface area is 215 Å². The van der Waals surface area contributed by atoms with Crippen LogP contribution in [-0.4, -0.2) is 52.9 Å². The van der Waals surface area contributed by atoms with Crippen LogP contribution in [0.4, 0.5) is 10.2 Å². The van der Waals surface area contributed by atoms with Crippen molar-refractivity contribution in [2.45, 2.75) is 38.3 Å². The zero-order chi connectivity index (χ0) is 25.1. The molecule has 36 heavy (non-hydrogen) atoms. The highest BCUT2D eigenvalue weighted by Gasteiger charge is 2.31. The first-order valence-electron chi connectivity index (χ1n) is 12.4. The van der Waals surface area contributed by atoms with E-state index in [1.165, 1.54) is 18.9 Å². The molecule has 2 aromatic carbocycles. The number of ether oxygens (including phenoxy) is 1. The number of hydrogen-bond acceptors (Lipinski definition) is 5. The number of carbonyl (C=O) groups excluding carboxylic acids is 1. The third kappa shape index (κ3) is 5.32. The zero-order valence-corrected chi connectivity index (χ0v) is 20.9. The largest absolute Gasteiger partial charge is 0.485 e. The summed E-state index contributed by atoms with van der Waals surface area (Å²) in [6, 6.07) is 14.1. The molecule has 1 amide bonds. The number of nitrogens with zero attached hydrogens (tertiary/aromatic N) is 3. The molecule has 6 nitrogen and oxygen atoms in total. The molecule has 2 saturated heterocycles. The van der Waals surface area contributed by atoms with Crippen LogP contribution in [0.15, 0.2) is 54.7 Å². The Morgan fingerprint density at radius 2 is 1.86 bits per heavy atom. The minimum atomic E-state index is -0.439. The lowest BCUT2D eigenvalue weighted by Crippen LogP contribution is -2.42. The van der Waals surface area contributed by atoms with Crippen LogP contribution in [0.5, 0.6) is 5.75 Å². The van der Waals surface area contributed by atoms with Gasteiger partial charge in [0, 0.05) is 42.0 Å². The fourth-order valence-corrected chi connectivity index (χ4v) is 5.29. The van der Waals surface area contributed by atoms with E-state index in [2.05, 4.69) is 9.88 Å². The summed E-state index contributed by atoms with van der Waals surface area (Å²) >= 11 is 6.10. The molecule has 0 aliphatic carbocycles. The van der Waals surface area contributed by atoms with E-state index >= 15 is 0 Å². The van der Waals surface area contributed by atoms with Gasteiger partial charge in [0.15, 0.2) is 11.6 Å². The Bertz CT molecular complexity index is 1210. The van der Waals surface area contributed by atoms with Crippen molar-refractivity contribution in [2.75, 3.05) is 31.9 Å². The van der Waals surface area contributed by atoms with Crippen LogP contribution in [0.1, 0.15) is 41.6 Å². The Hall–Kier alpha value is -3.16. The summed E-state index contributed by atoms with van der Waals surface area (Å²) in [4.78, 5) is 22.0. The third-order valence-corrected chi connectivity index (χ3v) is 7.44. The molecule has 5 rings (SSSR count). The van der Waals surface area contributed by atoms with E-state index in [4.69, 9.17) is 22.1 Å². The molecule has 0 spiro atoms. The maximum absolute atomic E-state index is 14.1. The Kier molecular flexibility index (Phi) is 7.39. The third-order valence-electron chi connectivity index (χ3n) is 7.09. The molecule has 0 saturated carbocycles. The smallest absolute Gasteiger partial charge is 0.254 e. The van der Waals surface area contributed by atoms with Gasteiger partial charge in [0.2, 0.25) is 0 Å². The van der Waals surface area contributed by atoms with Crippen LogP contribution in [0.3, 0.4) is 0 Å². The Morgan fingerprint density at radius 1 is 1.08 bits per heavy atom. The molecule has 1 atom stereocenters. The number of hydrogen-bond donors (Lipinski definition) is 1. The van der Waals surface area contributed by atoms with Crippen LogP contribution >= 0.6 is 11.6 Å². The average Bonchev–Trinajstić information content (AvgIpc) is 3.57. The van der Waals surface area contributed by atoms with Gasteiger partial charge in [0.25, 0.3) is 5.91 Å². The highest BCUT2D eigenvalue weighted by molar-refractivity contribution is 6.31. The van der Waals surface area contributed by atoms with E-state index in [-0.39, 0.29) is 23.9 Å². The second-order valence-corrected chi connectivity index (χ2v) is 9.88. The monoisotopic (exact) mass is 508 g/mol. The number of carbonyl (C=O) groups is 1. The minimum absolute atomic E-state index is 0.0668. The maximum Gasteiger partial charge on any atom is 0.254 e. The lowest BCUT2D eigenvalue weighted by Gasteiger charge is -2.28. The lowest BCUT2D eigenvalue weighted by molar-refractivity contribution is 0.0709. The van der Waals surface area contributed by atoms with Crippen molar-refractivity contribution >= 4 is 23.3 Å². The second kappa shape index (κ2) is 10.8. The predicted octanol–water partition coefficient (Wildman–Crippen LogP) is 5.40. The van der Waals surface area contributed by atoms with Gasteiger partial charge in [0.1, 0.15) is 12.4 Å². The van der Waals surface area contributed by atoms with Gasteiger partial charge in [-0.2, -0.15) is 0 Å². The number of rotatable bonds is 7. The van der Waals surface area contributed by atoms with Gasteiger partial charge in [-0.15, -0.1) is 0 Å². The van der Waals surface area contributed by atoms with E-state index < -0.39 is 5.82 Å². The zero-order valence-electron chi connectivity index (χ0n) is 20.1. The quantitative estimate of drug-likeness (QED) is 0.462. The highest BCUT2D eigenvalue weighted by Crippen LogP contribution is 2.30. The van der Waals surface area contributed by atoms with Crippen molar-refractivity contribution < 1.29 is 13.9 Å². The first-order chi connectivity index (χ1) is 17.5. The standard InChI is InChI=1S/C28H30ClFN4O2/c29-24-6-3-7-25(30)23(24)18-36-26-15-21(16-32-27(26)31)19-8-10-20(11-9-19)28(35)34-14-4-5-22(34)17-33-12-1-2-13-33/h3,6-11,15-16,22H,1-2,4-5,12-14,17-18H2,(H2,31,32). The highest BCUT2D eigenvalue weighted by atomic mass is 35.5. The van der Waals surface area contributed by atoms with E-state index in [0.29, 0.717) is 22.4 Å². The van der Waals surface area contributed by atoms with E-state index in [1.54, 1.807) is 24.4 Å². The van der Waals surface area contributed by atoms with Crippen LogP contribution in [0.2, 0.25) is 5.02 Å². The second-order valence-electron chi connectivity index (χ2n) is 9.48. The van der Waals surface area contributed by atoms with E-state index in [9.17, 15) is 9.18 Å². The molecule has 188 valence electrons. The fourth-order valence-electron chi connectivity index (χ4n) is 5.08. The predicted molar refractivity (Wildman–Crippen MR) is 140 cm³/mol.